The van der Waals surface area contributed by atoms with E-state index >= 15 is 0 Å². The molecule has 0 saturated heterocycles. The van der Waals surface area contributed by atoms with Crippen LogP contribution in [0.2, 0.25) is 5.02 Å². The van der Waals surface area contributed by atoms with Crippen LogP contribution in [0.5, 0.6) is 11.5 Å². The minimum Gasteiger partial charge on any atom is -0.497 e. The lowest BCUT2D eigenvalue weighted by molar-refractivity contribution is -0.139. The van der Waals surface area contributed by atoms with Gasteiger partial charge in [-0.2, -0.15) is 0 Å². The van der Waals surface area contributed by atoms with Gasteiger partial charge in [0, 0.05) is 13.1 Å². The van der Waals surface area contributed by atoms with E-state index in [2.05, 4.69) is 5.32 Å². The minimum absolute atomic E-state index is 0.0114. The Hall–Kier alpha value is -3.76. The Morgan fingerprint density at radius 2 is 1.57 bits per heavy atom. The number of hydrogen-bond donors (Lipinski definition) is 1. The van der Waals surface area contributed by atoms with E-state index in [0.29, 0.717) is 18.0 Å². The first kappa shape index (κ1) is 32.8. The minimum atomic E-state index is -4.22. The normalized spacial score (nSPS) is 12.0. The van der Waals surface area contributed by atoms with Gasteiger partial charge in [-0.1, -0.05) is 55.3 Å². The smallest absolute Gasteiger partial charge is 0.264 e. The van der Waals surface area contributed by atoms with E-state index in [0.717, 1.165) is 15.4 Å². The van der Waals surface area contributed by atoms with Crippen LogP contribution in [0.3, 0.4) is 0 Å². The van der Waals surface area contributed by atoms with E-state index in [1.54, 1.807) is 50.4 Å². The lowest BCUT2D eigenvalue weighted by Crippen LogP contribution is -2.51. The molecule has 3 aromatic rings. The van der Waals surface area contributed by atoms with Crippen LogP contribution in [0.1, 0.15) is 31.9 Å². The number of nitrogens with zero attached hydrogens (tertiary/aromatic N) is 2. The molecule has 1 atom stereocenters. The molecule has 0 spiro atoms. The van der Waals surface area contributed by atoms with Gasteiger partial charge in [0.25, 0.3) is 10.0 Å². The highest BCUT2D eigenvalue weighted by Gasteiger charge is 2.33. The van der Waals surface area contributed by atoms with Gasteiger partial charge in [-0.25, -0.2) is 8.42 Å². The number of benzene rings is 3. The molecule has 1 N–H and O–H groups in total. The molecule has 0 bridgehead atoms. The molecule has 0 aliphatic rings. The van der Waals surface area contributed by atoms with Crippen molar-refractivity contribution in [1.29, 1.82) is 0 Å². The van der Waals surface area contributed by atoms with Crippen LogP contribution in [0, 0.1) is 12.8 Å². The maximum atomic E-state index is 14.0. The summed E-state index contributed by atoms with van der Waals surface area (Å²) < 4.78 is 39.4. The van der Waals surface area contributed by atoms with Crippen molar-refractivity contribution in [2.75, 3.05) is 31.6 Å². The summed E-state index contributed by atoms with van der Waals surface area (Å²) in [6.07, 6.45) is 0. The first-order valence-electron chi connectivity index (χ1n) is 13.5. The number of ether oxygens (including phenoxy) is 2. The lowest BCUT2D eigenvalue weighted by atomic mass is 10.1. The Balaban J connectivity index is 2.04. The number of amides is 2. The van der Waals surface area contributed by atoms with Gasteiger partial charge in [0.1, 0.15) is 24.1 Å². The molecular weight excluding hydrogens is 578 g/mol. The number of carbonyl (C=O) groups is 2. The van der Waals surface area contributed by atoms with Crippen molar-refractivity contribution in [1.82, 2.24) is 10.2 Å². The largest absolute Gasteiger partial charge is 0.497 e. The molecular formula is C31H38ClN3O6S. The van der Waals surface area contributed by atoms with Crippen LogP contribution in [0.4, 0.5) is 5.69 Å². The third kappa shape index (κ3) is 8.17. The standard InChI is InChI=1S/C31H38ClN3O6S/c1-21(2)18-33-31(37)23(4)34(19-24-9-12-26(40-5)13-10-24)30(36)20-35(25-11-16-29(41-6)28(32)17-25)42(38,39)27-14-7-22(3)8-15-27/h7-17,21,23H,18-20H2,1-6H3,(H,33,37)/t23-/m1/s1. The molecule has 0 aliphatic heterocycles. The summed E-state index contributed by atoms with van der Waals surface area (Å²) in [5, 5.41) is 3.06. The van der Waals surface area contributed by atoms with E-state index in [1.807, 2.05) is 20.8 Å². The molecule has 2 amide bonds. The topological polar surface area (TPSA) is 105 Å². The van der Waals surface area contributed by atoms with Crippen molar-refractivity contribution in [2.24, 2.45) is 5.92 Å². The van der Waals surface area contributed by atoms with Gasteiger partial charge in [-0.3, -0.25) is 13.9 Å². The third-order valence-corrected chi connectivity index (χ3v) is 8.76. The predicted octanol–water partition coefficient (Wildman–Crippen LogP) is 5.05. The van der Waals surface area contributed by atoms with Gasteiger partial charge in [-0.15, -0.1) is 0 Å². The molecule has 42 heavy (non-hydrogen) atoms. The molecule has 0 fully saturated rings. The highest BCUT2D eigenvalue weighted by Crippen LogP contribution is 2.32. The average Bonchev–Trinajstić information content (AvgIpc) is 2.97. The first-order chi connectivity index (χ1) is 19.9. The van der Waals surface area contributed by atoms with Crippen molar-refractivity contribution in [3.63, 3.8) is 0 Å². The summed E-state index contributed by atoms with van der Waals surface area (Å²) >= 11 is 6.37. The molecule has 3 rings (SSSR count). The molecule has 0 heterocycles. The number of nitrogens with one attached hydrogen (secondary N) is 1. The van der Waals surface area contributed by atoms with Gasteiger partial charge in [0.05, 0.1) is 29.8 Å². The van der Waals surface area contributed by atoms with Crippen LogP contribution in [0.25, 0.3) is 0 Å². The van der Waals surface area contributed by atoms with Crippen LogP contribution in [-0.2, 0) is 26.2 Å². The average molecular weight is 616 g/mol. The maximum Gasteiger partial charge on any atom is 0.264 e. The van der Waals surface area contributed by atoms with Crippen molar-refractivity contribution in [3.05, 3.63) is 82.9 Å². The Labute approximate surface area is 253 Å². The van der Waals surface area contributed by atoms with Gasteiger partial charge >= 0.3 is 0 Å². The molecule has 9 nitrogen and oxygen atoms in total. The SMILES string of the molecule is COc1ccc(CN(C(=O)CN(c2ccc(OC)c(Cl)c2)S(=O)(=O)c2ccc(C)cc2)[C@H](C)C(=O)NCC(C)C)cc1. The van der Waals surface area contributed by atoms with Crippen molar-refractivity contribution >= 4 is 39.1 Å². The molecule has 0 unspecified atom stereocenters. The second-order valence-electron chi connectivity index (χ2n) is 10.3. The number of methoxy groups -OCH3 is 2. The Morgan fingerprint density at radius 1 is 0.929 bits per heavy atom. The Morgan fingerprint density at radius 3 is 2.12 bits per heavy atom. The zero-order valence-corrected chi connectivity index (χ0v) is 26.3. The molecule has 0 aliphatic carbocycles. The third-order valence-electron chi connectivity index (χ3n) is 6.68. The van der Waals surface area contributed by atoms with E-state index in [9.17, 15) is 18.0 Å². The first-order valence-corrected chi connectivity index (χ1v) is 15.3. The summed E-state index contributed by atoms with van der Waals surface area (Å²) in [7, 11) is -1.21. The second kappa shape index (κ2) is 14.4. The lowest BCUT2D eigenvalue weighted by Gasteiger charge is -2.32. The molecule has 11 heteroatoms. The number of sulfonamides is 1. The Kier molecular flexibility index (Phi) is 11.2. The van der Waals surface area contributed by atoms with Crippen LogP contribution < -0.4 is 19.1 Å². The fraction of sp³-hybridized carbons (Fsp3) is 0.355. The van der Waals surface area contributed by atoms with Crippen molar-refractivity contribution in [3.8, 4) is 11.5 Å². The summed E-state index contributed by atoms with van der Waals surface area (Å²) in [6.45, 7) is 7.35. The zero-order chi connectivity index (χ0) is 31.0. The van der Waals surface area contributed by atoms with Crippen molar-refractivity contribution in [2.45, 2.75) is 45.2 Å². The summed E-state index contributed by atoms with van der Waals surface area (Å²) in [5.74, 6) is 0.301. The number of anilines is 1. The number of aryl methyl sites for hydroxylation is 1. The summed E-state index contributed by atoms with van der Waals surface area (Å²) in [4.78, 5) is 28.5. The van der Waals surface area contributed by atoms with Crippen LogP contribution in [0.15, 0.2) is 71.6 Å². The number of rotatable bonds is 13. The fourth-order valence-corrected chi connectivity index (χ4v) is 5.80. The molecule has 3 aromatic carbocycles. The summed E-state index contributed by atoms with van der Waals surface area (Å²) in [6, 6.07) is 17.1. The highest BCUT2D eigenvalue weighted by molar-refractivity contribution is 7.92. The summed E-state index contributed by atoms with van der Waals surface area (Å²) in [5.41, 5.74) is 1.81. The molecule has 0 saturated carbocycles. The van der Waals surface area contributed by atoms with Crippen LogP contribution >= 0.6 is 11.6 Å². The number of halogens is 1. The Bertz CT molecular complexity index is 1480. The van der Waals surface area contributed by atoms with Gasteiger partial charge in [0.15, 0.2) is 0 Å². The van der Waals surface area contributed by atoms with Gasteiger partial charge in [0.2, 0.25) is 11.8 Å². The molecule has 0 aromatic heterocycles. The maximum absolute atomic E-state index is 14.0. The predicted molar refractivity (Wildman–Crippen MR) is 165 cm³/mol. The zero-order valence-electron chi connectivity index (χ0n) is 24.8. The van der Waals surface area contributed by atoms with Crippen molar-refractivity contribution < 1.29 is 27.5 Å². The number of carbonyl (C=O) groups excluding carboxylic acids is 2. The van der Waals surface area contributed by atoms with Gasteiger partial charge in [-0.05, 0) is 67.8 Å². The monoisotopic (exact) mass is 615 g/mol. The van der Waals surface area contributed by atoms with E-state index in [4.69, 9.17) is 21.1 Å². The van der Waals surface area contributed by atoms with E-state index in [1.165, 1.54) is 42.3 Å². The second-order valence-corrected chi connectivity index (χ2v) is 12.6. The van der Waals surface area contributed by atoms with E-state index < -0.39 is 28.5 Å². The van der Waals surface area contributed by atoms with Gasteiger partial charge < -0.3 is 19.7 Å². The highest BCUT2D eigenvalue weighted by atomic mass is 35.5. The molecule has 226 valence electrons. The van der Waals surface area contributed by atoms with E-state index in [-0.39, 0.29) is 34.0 Å². The number of hydrogen-bond acceptors (Lipinski definition) is 6. The fourth-order valence-electron chi connectivity index (χ4n) is 4.14. The van der Waals surface area contributed by atoms with Crippen LogP contribution in [-0.4, -0.2) is 58.5 Å². The quantitative estimate of drug-likeness (QED) is 0.289. The molecule has 0 radical (unpaired) electrons.